The summed E-state index contributed by atoms with van der Waals surface area (Å²) in [5.41, 5.74) is 9.25. The van der Waals surface area contributed by atoms with Gasteiger partial charge in [-0.1, -0.05) is 57.2 Å². The molecule has 340 valence electrons. The van der Waals surface area contributed by atoms with Crippen molar-refractivity contribution in [2.24, 2.45) is 11.1 Å². The molecular weight excluding hydrogens is 818 g/mol. The Morgan fingerprint density at radius 2 is 1.71 bits per heavy atom. The van der Waals surface area contributed by atoms with Crippen LogP contribution in [-0.2, 0) is 30.3 Å². The summed E-state index contributed by atoms with van der Waals surface area (Å²) in [6, 6.07) is 9.94. The van der Waals surface area contributed by atoms with Crippen LogP contribution in [0.1, 0.15) is 103 Å². The van der Waals surface area contributed by atoms with E-state index >= 15 is 4.39 Å². The molecule has 1 saturated heterocycles. The lowest BCUT2D eigenvalue weighted by atomic mass is 9.85. The quantitative estimate of drug-likeness (QED) is 0.0921. The minimum Gasteiger partial charge on any atom is -0.450 e. The number of hydrogen-bond acceptors (Lipinski definition) is 11. The van der Waals surface area contributed by atoms with Gasteiger partial charge in [0.1, 0.15) is 23.5 Å². The van der Waals surface area contributed by atoms with Gasteiger partial charge in [-0.3, -0.25) is 14.4 Å². The topological polar surface area (TPSA) is 206 Å². The predicted molar refractivity (Wildman–Crippen MR) is 237 cm³/mol. The first-order valence-corrected chi connectivity index (χ1v) is 21.9. The third-order valence-electron chi connectivity index (χ3n) is 10.5. The number of thiazole rings is 1. The number of unbranched alkanes of at least 4 members (excludes halogenated alkanes) is 1. The highest BCUT2D eigenvalue weighted by atomic mass is 32.1. The van der Waals surface area contributed by atoms with E-state index in [1.165, 1.54) is 4.90 Å². The number of anilines is 1. The maximum Gasteiger partial charge on any atom is 0.407 e. The number of halogens is 1. The standard InChI is InChI=1S/C45H64FN7O8S/c1-27(29-16-18-31(19-17-29)38-28(2)48-26-62-38)49-40(56)35-23-33(54)25-53(35)41(57)39(44(3,4)5)51-42(58)60-22-11-10-13-30-14-12-15-34(37(30)46)52(9)24-32(20-21-36(47)55)50-43(59)61-45(6,7)8/h12,14-19,26-27,32-33,35,39,54H,10-11,13,20-25H2,1-9H3,(H2,47,55)(H,49,56)(H,50,59)(H,51,58)/t27-,32-,33+,35-,39+/m0/s1. The fraction of sp³-hybridized carbons (Fsp3) is 0.556. The normalized spacial score (nSPS) is 16.8. The molecule has 2 aromatic carbocycles. The molecule has 0 spiro atoms. The molecule has 0 unspecified atom stereocenters. The van der Waals surface area contributed by atoms with Crippen LogP contribution >= 0.6 is 11.3 Å². The minimum atomic E-state index is -1.07. The second-order valence-electron chi connectivity index (χ2n) is 18.0. The van der Waals surface area contributed by atoms with Crippen LogP contribution in [0.3, 0.4) is 0 Å². The summed E-state index contributed by atoms with van der Waals surface area (Å²) in [5, 5.41) is 19.1. The zero-order valence-electron chi connectivity index (χ0n) is 37.4. The number of aryl methyl sites for hydroxylation is 2. The van der Waals surface area contributed by atoms with Gasteiger partial charge in [0.2, 0.25) is 17.7 Å². The van der Waals surface area contributed by atoms with Crippen LogP contribution in [0.4, 0.5) is 19.7 Å². The lowest BCUT2D eigenvalue weighted by molar-refractivity contribution is -0.142. The van der Waals surface area contributed by atoms with Gasteiger partial charge < -0.3 is 46.1 Å². The second-order valence-corrected chi connectivity index (χ2v) is 18.9. The smallest absolute Gasteiger partial charge is 0.407 e. The van der Waals surface area contributed by atoms with E-state index in [4.69, 9.17) is 15.2 Å². The highest BCUT2D eigenvalue weighted by Crippen LogP contribution is 2.30. The zero-order valence-corrected chi connectivity index (χ0v) is 38.2. The summed E-state index contributed by atoms with van der Waals surface area (Å²) in [5.74, 6) is -1.88. The van der Waals surface area contributed by atoms with Crippen molar-refractivity contribution < 1.29 is 42.9 Å². The Kier molecular flexibility index (Phi) is 17.3. The van der Waals surface area contributed by atoms with Crippen molar-refractivity contribution in [2.45, 2.75) is 130 Å². The first kappa shape index (κ1) is 49.4. The van der Waals surface area contributed by atoms with Crippen LogP contribution in [0.15, 0.2) is 48.0 Å². The van der Waals surface area contributed by atoms with E-state index < -0.39 is 71.0 Å². The van der Waals surface area contributed by atoms with Gasteiger partial charge in [0, 0.05) is 33.0 Å². The summed E-state index contributed by atoms with van der Waals surface area (Å²) in [6.07, 6.45) is -0.836. The van der Waals surface area contributed by atoms with Gasteiger partial charge in [-0.05, 0) is 88.5 Å². The van der Waals surface area contributed by atoms with E-state index in [2.05, 4.69) is 20.9 Å². The third kappa shape index (κ3) is 14.4. The molecule has 3 aromatic rings. The molecule has 1 aromatic heterocycles. The Bertz CT molecular complexity index is 2020. The molecule has 1 aliphatic rings. The number of aromatic nitrogens is 1. The first-order valence-electron chi connectivity index (χ1n) is 21.0. The fourth-order valence-electron chi connectivity index (χ4n) is 7.24. The van der Waals surface area contributed by atoms with Crippen LogP contribution < -0.4 is 26.6 Å². The maximum atomic E-state index is 15.8. The number of β-amino-alcohol motifs (C(OH)–C–C–N with tert-alkyl or cyclic N) is 1. The molecule has 1 aliphatic heterocycles. The summed E-state index contributed by atoms with van der Waals surface area (Å²) >= 11 is 1.56. The van der Waals surface area contributed by atoms with Gasteiger partial charge >= 0.3 is 12.2 Å². The van der Waals surface area contributed by atoms with Crippen molar-refractivity contribution in [2.75, 3.05) is 31.6 Å². The lowest BCUT2D eigenvalue weighted by Crippen LogP contribution is -2.58. The van der Waals surface area contributed by atoms with Crippen LogP contribution in [-0.4, -0.2) is 101 Å². The zero-order chi connectivity index (χ0) is 45.9. The molecule has 17 heteroatoms. The van der Waals surface area contributed by atoms with Crippen molar-refractivity contribution in [3.8, 4) is 10.4 Å². The average Bonchev–Trinajstić information content (AvgIpc) is 3.80. The number of aliphatic hydroxyl groups is 1. The lowest BCUT2D eigenvalue weighted by Gasteiger charge is -2.35. The molecule has 0 aliphatic carbocycles. The molecule has 0 bridgehead atoms. The summed E-state index contributed by atoms with van der Waals surface area (Å²) in [4.78, 5) is 73.1. The highest BCUT2D eigenvalue weighted by Gasteiger charge is 2.45. The minimum absolute atomic E-state index is 0.00608. The van der Waals surface area contributed by atoms with Crippen molar-refractivity contribution in [1.29, 1.82) is 0 Å². The maximum absolute atomic E-state index is 15.8. The number of carbonyl (C=O) groups is 5. The molecule has 2 heterocycles. The first-order chi connectivity index (χ1) is 29.0. The number of nitrogens with one attached hydrogen (secondary N) is 3. The Morgan fingerprint density at radius 1 is 1.02 bits per heavy atom. The fourth-order valence-corrected chi connectivity index (χ4v) is 8.05. The van der Waals surface area contributed by atoms with E-state index in [1.54, 1.807) is 88.5 Å². The number of aliphatic hydroxyl groups excluding tert-OH is 1. The van der Waals surface area contributed by atoms with Crippen LogP contribution in [0.5, 0.6) is 0 Å². The van der Waals surface area contributed by atoms with Crippen molar-refractivity contribution in [3.05, 3.63) is 70.6 Å². The molecule has 5 amide bonds. The molecule has 5 atom stereocenters. The van der Waals surface area contributed by atoms with Crippen molar-refractivity contribution >= 4 is 46.9 Å². The molecule has 15 nitrogen and oxygen atoms in total. The van der Waals surface area contributed by atoms with Gasteiger partial charge in [0.05, 0.1) is 46.6 Å². The second kappa shape index (κ2) is 21.7. The molecule has 4 rings (SSSR count). The third-order valence-corrected chi connectivity index (χ3v) is 11.5. The number of alkyl carbamates (subject to hydrolysis) is 2. The van der Waals surface area contributed by atoms with E-state index in [0.717, 1.165) is 21.7 Å². The molecule has 0 saturated carbocycles. The summed E-state index contributed by atoms with van der Waals surface area (Å²) in [6.45, 7) is 14.5. The van der Waals surface area contributed by atoms with Gasteiger partial charge in [-0.25, -0.2) is 19.0 Å². The van der Waals surface area contributed by atoms with E-state index in [0.29, 0.717) is 30.5 Å². The number of carbonyl (C=O) groups excluding carboxylic acids is 5. The number of likely N-dealkylation sites (tertiary alicyclic amines) is 1. The number of hydrogen-bond donors (Lipinski definition) is 5. The number of nitrogens with two attached hydrogens (primary N) is 1. The number of amides is 5. The predicted octanol–water partition coefficient (Wildman–Crippen LogP) is 6.16. The van der Waals surface area contributed by atoms with Crippen LogP contribution in [0.25, 0.3) is 10.4 Å². The number of likely N-dealkylation sites (N-methyl/N-ethyl adjacent to an activating group) is 1. The Balaban J connectivity index is 1.29. The molecule has 6 N–H and O–H groups in total. The largest absolute Gasteiger partial charge is 0.450 e. The van der Waals surface area contributed by atoms with E-state index in [-0.39, 0.29) is 45.0 Å². The van der Waals surface area contributed by atoms with Gasteiger partial charge in [0.25, 0.3) is 0 Å². The molecular formula is C45H64FN7O8S. The number of nitrogens with zero attached hydrogens (tertiary/aromatic N) is 3. The molecule has 0 radical (unpaired) electrons. The van der Waals surface area contributed by atoms with Crippen molar-refractivity contribution in [3.63, 3.8) is 0 Å². The van der Waals surface area contributed by atoms with Crippen LogP contribution in [0, 0.1) is 18.2 Å². The number of primary amides is 1. The monoisotopic (exact) mass is 881 g/mol. The average molecular weight is 882 g/mol. The molecule has 62 heavy (non-hydrogen) atoms. The van der Waals surface area contributed by atoms with Crippen molar-refractivity contribution in [1.82, 2.24) is 25.8 Å². The Hall–Kier alpha value is -5.29. The van der Waals surface area contributed by atoms with E-state index in [1.807, 2.05) is 38.1 Å². The highest BCUT2D eigenvalue weighted by molar-refractivity contribution is 7.13. The number of benzene rings is 2. The number of rotatable bonds is 18. The van der Waals surface area contributed by atoms with Gasteiger partial charge in [0.15, 0.2) is 0 Å². The Morgan fingerprint density at radius 3 is 2.32 bits per heavy atom. The number of ether oxygens (including phenoxy) is 2. The van der Waals surface area contributed by atoms with Crippen LogP contribution in [0.2, 0.25) is 0 Å². The molecule has 1 fully saturated rings. The Labute approximate surface area is 368 Å². The SMILES string of the molecule is Cc1ncsc1-c1ccc([C@H](C)NC(=O)[C@@H]2C[C@@H](O)CN2C(=O)[C@@H](NC(=O)OCCCCc2cccc(N(C)C[C@H](CCC(N)=O)NC(=O)OC(C)(C)C)c2F)C(C)(C)C)cc1. The van der Waals surface area contributed by atoms with E-state index in [9.17, 15) is 29.1 Å². The summed E-state index contributed by atoms with van der Waals surface area (Å²) in [7, 11) is 1.69. The van der Waals surface area contributed by atoms with Gasteiger partial charge in [-0.2, -0.15) is 0 Å². The van der Waals surface area contributed by atoms with Gasteiger partial charge in [-0.15, -0.1) is 11.3 Å². The summed E-state index contributed by atoms with van der Waals surface area (Å²) < 4.78 is 26.6.